The number of carboxylic acids is 1. The lowest BCUT2D eigenvalue weighted by Crippen LogP contribution is -2.00. The molecule has 0 aliphatic heterocycles. The molecule has 0 amide bonds. The lowest BCUT2D eigenvalue weighted by atomic mass is 10.0. The molecule has 0 saturated carbocycles. The van der Waals surface area contributed by atoms with Gasteiger partial charge >= 0.3 is 5.97 Å². The number of nitrogens with zero attached hydrogens (tertiary/aromatic N) is 12. The average Bonchev–Trinajstić information content (AvgIpc) is 0.795. The fourth-order valence-corrected chi connectivity index (χ4v) is 17.6. The molecule has 147 heavy (non-hydrogen) atoms. The molecular formula is C111H82Br6Cl6F6N14O4. The van der Waals surface area contributed by atoms with E-state index < -0.39 is 28.3 Å². The van der Waals surface area contributed by atoms with Gasteiger partial charge in [0, 0.05) is 208 Å². The maximum absolute atomic E-state index is 13.1. The number of benzene rings is 11. The second-order valence-corrected chi connectivity index (χ2v) is 40.7. The van der Waals surface area contributed by atoms with E-state index in [0.717, 1.165) is 188 Å². The summed E-state index contributed by atoms with van der Waals surface area (Å²) in [5, 5.41) is 42.8. The molecule has 0 saturated heterocycles. The molecule has 0 bridgehead atoms. The van der Waals surface area contributed by atoms with Gasteiger partial charge in [0.15, 0.2) is 11.6 Å². The summed E-state index contributed by atoms with van der Waals surface area (Å²) in [6.45, 7) is 20.7. The lowest BCUT2D eigenvalue weighted by molar-refractivity contribution is -0.385. The van der Waals surface area contributed by atoms with Crippen LogP contribution in [0.15, 0.2) is 295 Å². The van der Waals surface area contributed by atoms with Crippen molar-refractivity contribution in [2.24, 2.45) is 0 Å². The normalized spacial score (nSPS) is 10.6. The average molecular weight is 2480 g/mol. The van der Waals surface area contributed by atoms with Crippen LogP contribution in [0.1, 0.15) is 72.7 Å². The Kier molecular flexibility index (Phi) is 39.7. The van der Waals surface area contributed by atoms with Crippen LogP contribution in [0.3, 0.4) is 0 Å². The van der Waals surface area contributed by atoms with Crippen LogP contribution in [-0.4, -0.2) is 70.8 Å². The molecule has 22 aromatic rings. The minimum Gasteiger partial charge on any atom is -0.478 e. The molecule has 0 spiro atoms. The van der Waals surface area contributed by atoms with Crippen LogP contribution in [0.4, 0.5) is 43.7 Å². The highest BCUT2D eigenvalue weighted by atomic mass is 79.9. The predicted octanol–water partition coefficient (Wildman–Crippen LogP) is 36.1. The van der Waals surface area contributed by atoms with Gasteiger partial charge in [0.2, 0.25) is 0 Å². The molecule has 11 aromatic carbocycles. The fraction of sp³-hybridized carbons (Fsp3) is 0.0991. The third-order valence-electron chi connectivity index (χ3n) is 21.8. The van der Waals surface area contributed by atoms with E-state index in [4.69, 9.17) is 86.2 Å². The largest absolute Gasteiger partial charge is 0.478 e. The van der Waals surface area contributed by atoms with Crippen molar-refractivity contribution < 1.29 is 41.2 Å². The van der Waals surface area contributed by atoms with Crippen molar-refractivity contribution in [2.75, 3.05) is 11.5 Å². The summed E-state index contributed by atoms with van der Waals surface area (Å²) in [6.07, 6.45) is 18.8. The molecule has 22 rings (SSSR count). The van der Waals surface area contributed by atoms with Gasteiger partial charge in [-0.2, -0.15) is 0 Å². The Bertz CT molecular complexity index is 7440. The van der Waals surface area contributed by atoms with Crippen LogP contribution < -0.4 is 11.5 Å². The molecule has 0 aliphatic rings. The molecule has 0 radical (unpaired) electrons. The molecule has 0 aliphatic carbocycles. The molecule has 0 atom stereocenters. The number of aromatic nitrogens is 11. The summed E-state index contributed by atoms with van der Waals surface area (Å²) in [5.74, 6) is -3.05. The number of carboxylic acid groups (broad SMARTS) is 1. The third-order valence-corrected chi connectivity index (χ3v) is 28.5. The number of hydrogen-bond donors (Lipinski definition) is 3. The maximum Gasteiger partial charge on any atom is 0.335 e. The molecular weight excluding hydrogens is 2400 g/mol. The first-order valence-corrected chi connectivity index (χ1v) is 50.8. The minimum atomic E-state index is -0.926. The Balaban J connectivity index is 0.000000144. The molecule has 11 heterocycles. The number of carbonyl (C=O) groups is 1. The van der Waals surface area contributed by atoms with Crippen molar-refractivity contribution in [3.63, 3.8) is 0 Å². The summed E-state index contributed by atoms with van der Waals surface area (Å²) in [7, 11) is 0. The Hall–Kier alpha value is -12.4. The van der Waals surface area contributed by atoms with Crippen molar-refractivity contribution in [1.29, 1.82) is 0 Å². The Morgan fingerprint density at radius 2 is 0.490 bits per heavy atom. The van der Waals surface area contributed by atoms with Gasteiger partial charge in [-0.3, -0.25) is 55.0 Å². The number of aryl methyl sites for hydroxylation is 11. The number of aromatic carboxylic acids is 1. The SMILES string of the molecule is Cc1cc2c(N)nccc2cc1C(=O)O.Cc1cc2c(N)nccc2cc1[N+](=O)[O-].Cc1cc2cc(Br)c(Br)cc2cn1.Cc1cc2cc(Br)c(Cl)cc2cn1.Cc1cc2cc(Br)c(F)cc2cn1.Cc1cc2cc(Cl)c(Br)cc2cn1.Cc1cc2cc(Cl)c(Cl)cc2cn1.Cc1cc2cc(Cl)c(F)cc2cn1.Cc1cc2cc(F)c(Br)cc2cn1.Cc1cc2cc(F)c(Cl)cc2cn1.Cc1cc2cc(F)c(F)cc2cn1. The molecule has 18 nitrogen and oxygen atoms in total. The smallest absolute Gasteiger partial charge is 0.335 e. The Morgan fingerprint density at radius 3 is 0.844 bits per heavy atom. The van der Waals surface area contributed by atoms with Crippen molar-refractivity contribution in [3.8, 4) is 0 Å². The third kappa shape index (κ3) is 31.1. The summed E-state index contributed by atoms with van der Waals surface area (Å²) >= 11 is 54.9. The number of hydrogen-bond acceptors (Lipinski definition) is 16. The van der Waals surface area contributed by atoms with Crippen molar-refractivity contribution in [3.05, 3.63) is 438 Å². The number of anilines is 2. The zero-order valence-electron chi connectivity index (χ0n) is 79.4. The van der Waals surface area contributed by atoms with Gasteiger partial charge in [0.25, 0.3) is 5.69 Å². The van der Waals surface area contributed by atoms with Crippen LogP contribution in [0, 0.1) is 121 Å². The zero-order chi connectivity index (χ0) is 107. The first-order chi connectivity index (χ1) is 69.7. The first-order valence-electron chi connectivity index (χ1n) is 43.8. The van der Waals surface area contributed by atoms with E-state index in [0.29, 0.717) is 58.1 Å². The highest BCUT2D eigenvalue weighted by molar-refractivity contribution is 9.13. The van der Waals surface area contributed by atoms with Crippen LogP contribution in [0.5, 0.6) is 0 Å². The fourth-order valence-electron chi connectivity index (χ4n) is 14.4. The van der Waals surface area contributed by atoms with Gasteiger partial charge in [-0.05, 0) is 431 Å². The van der Waals surface area contributed by atoms with Crippen LogP contribution in [-0.2, 0) is 0 Å². The topological polar surface area (TPSA) is 274 Å². The lowest BCUT2D eigenvalue weighted by Gasteiger charge is -2.05. The van der Waals surface area contributed by atoms with Gasteiger partial charge in [0.1, 0.15) is 34.9 Å². The molecule has 11 aromatic heterocycles. The van der Waals surface area contributed by atoms with E-state index in [2.05, 4.69) is 169 Å². The van der Waals surface area contributed by atoms with E-state index in [9.17, 15) is 41.3 Å². The summed E-state index contributed by atoms with van der Waals surface area (Å²) < 4.78 is 82.7. The minimum absolute atomic E-state index is 0.105. The van der Waals surface area contributed by atoms with Gasteiger partial charge in [-0.1, -0.05) is 69.6 Å². The number of nitrogens with two attached hydrogens (primary N) is 2. The second kappa shape index (κ2) is 51.5. The van der Waals surface area contributed by atoms with Gasteiger partial charge in [0.05, 0.1) is 49.6 Å². The highest BCUT2D eigenvalue weighted by Crippen LogP contribution is 2.36. The van der Waals surface area contributed by atoms with E-state index in [-0.39, 0.29) is 33.2 Å². The van der Waals surface area contributed by atoms with E-state index >= 15 is 0 Å². The number of nitrogen functional groups attached to an aromatic ring is 2. The van der Waals surface area contributed by atoms with Crippen LogP contribution >= 0.6 is 165 Å². The first kappa shape index (κ1) is 113. The standard InChI is InChI=1S/C11H10N2O2.C10H7Br2N.2C10H7BrClN.2C10H7BrFN.C10H7Cl2N.2C10H7ClFN.C10H7F2N.C10H9N3O2/c1-6-4-9-7(2-3-13-10(9)12)5-8(6)11(14)15;1-6-2-7-3-9(11)10(12)4-8(7)5-13-6;1-6-2-7-4-10(12)9(11)3-8(7)5-13-6;1-6-2-7-3-9(11)10(12)4-8(7)5-13-6;1-6-2-7-4-10(12)9(11)3-8(7)5-13-6;2*1-6-2-7-3-9(11)10(12)4-8(7)5-13-6;1-6-2-7-4-10(12)9(11)3-8(7)5-13-6;2*1-6-2-7-3-9(11)10(12)4-8(7)5-13-6;1-6-4-8-7(2-3-12-10(8)11)5-9(6)13(14)15/h2-5H,1H3,(H2,12,13)(H,14,15);9*2-5H,1H3;2-5H,1H3,(H2,11,12). The number of halogens is 18. The highest BCUT2D eigenvalue weighted by Gasteiger charge is 2.16. The Morgan fingerprint density at radius 1 is 0.265 bits per heavy atom. The maximum atomic E-state index is 13.1. The van der Waals surface area contributed by atoms with E-state index in [1.807, 2.05) is 153 Å². The number of nitro groups is 1. The summed E-state index contributed by atoms with van der Waals surface area (Å²) in [4.78, 5) is 66.3. The molecule has 36 heteroatoms. The van der Waals surface area contributed by atoms with Crippen molar-refractivity contribution in [1.82, 2.24) is 54.8 Å². The molecule has 5 N–H and O–H groups in total. The number of rotatable bonds is 2. The quantitative estimate of drug-likeness (QED) is 0.0824. The molecule has 746 valence electrons. The number of fused-ring (bicyclic) bond motifs is 11. The number of nitro benzene ring substituents is 1. The van der Waals surface area contributed by atoms with Crippen molar-refractivity contribution in [2.45, 2.75) is 76.2 Å². The second-order valence-electron chi connectivity index (χ2n) is 33.2. The van der Waals surface area contributed by atoms with E-state index in [1.165, 1.54) is 54.2 Å². The molecule has 0 fully saturated rings. The summed E-state index contributed by atoms with van der Waals surface area (Å²) in [5.41, 5.74) is 21.5. The predicted molar refractivity (Wildman–Crippen MR) is 610 cm³/mol. The van der Waals surface area contributed by atoms with Crippen LogP contribution in [0.2, 0.25) is 30.1 Å². The monoisotopic (exact) mass is 2470 g/mol. The van der Waals surface area contributed by atoms with Crippen LogP contribution in [0.25, 0.3) is 118 Å². The summed E-state index contributed by atoms with van der Waals surface area (Å²) in [6, 6.07) is 57.9. The van der Waals surface area contributed by atoms with Gasteiger partial charge in [-0.25, -0.2) is 41.1 Å². The van der Waals surface area contributed by atoms with E-state index in [1.54, 1.807) is 119 Å². The molecule has 0 unspecified atom stereocenters. The van der Waals surface area contributed by atoms with Gasteiger partial charge < -0.3 is 16.6 Å². The van der Waals surface area contributed by atoms with Crippen molar-refractivity contribution >= 4 is 307 Å². The van der Waals surface area contributed by atoms with Gasteiger partial charge in [-0.15, -0.1) is 0 Å². The Labute approximate surface area is 920 Å². The zero-order valence-corrected chi connectivity index (χ0v) is 93.5. The number of pyridine rings is 11.